The van der Waals surface area contributed by atoms with Crippen molar-refractivity contribution in [1.82, 2.24) is 4.31 Å². The first kappa shape index (κ1) is 21.6. The predicted octanol–water partition coefficient (Wildman–Crippen LogP) is 3.51. The Kier molecular flexibility index (Phi) is 5.95. The molecule has 0 bridgehead atoms. The zero-order valence-corrected chi connectivity index (χ0v) is 18.3. The zero-order valence-electron chi connectivity index (χ0n) is 17.5. The molecule has 0 spiro atoms. The number of amides is 1. The SMILES string of the molecule is CN(CC(=O)Nc1ccc(N2CCc3ccccc32)cc1)S(=O)(=O)c1ccc(C#N)cc1. The second-order valence-electron chi connectivity index (χ2n) is 7.52. The van der Waals surface area contributed by atoms with Crippen molar-refractivity contribution in [3.8, 4) is 6.07 Å². The number of sulfonamides is 1. The molecule has 32 heavy (non-hydrogen) atoms. The summed E-state index contributed by atoms with van der Waals surface area (Å²) in [4.78, 5) is 14.7. The molecule has 4 rings (SSSR count). The maximum Gasteiger partial charge on any atom is 0.243 e. The Morgan fingerprint density at radius 2 is 1.75 bits per heavy atom. The van der Waals surface area contributed by atoms with Gasteiger partial charge >= 0.3 is 0 Å². The lowest BCUT2D eigenvalue weighted by atomic mass is 10.2. The Balaban J connectivity index is 1.39. The summed E-state index contributed by atoms with van der Waals surface area (Å²) in [7, 11) is -2.49. The van der Waals surface area contributed by atoms with Crippen molar-refractivity contribution >= 4 is 33.0 Å². The molecule has 1 heterocycles. The molecule has 0 aromatic heterocycles. The summed E-state index contributed by atoms with van der Waals surface area (Å²) in [5.41, 5.74) is 4.50. The van der Waals surface area contributed by atoms with Crippen LogP contribution >= 0.6 is 0 Å². The van der Waals surface area contributed by atoms with Gasteiger partial charge < -0.3 is 10.2 Å². The molecule has 1 amide bonds. The first-order chi connectivity index (χ1) is 15.4. The highest BCUT2D eigenvalue weighted by Gasteiger charge is 2.23. The average molecular weight is 447 g/mol. The third-order valence-corrected chi connectivity index (χ3v) is 7.23. The van der Waals surface area contributed by atoms with E-state index < -0.39 is 15.9 Å². The molecule has 0 aliphatic carbocycles. The number of para-hydroxylation sites is 1. The monoisotopic (exact) mass is 446 g/mol. The fraction of sp³-hybridized carbons (Fsp3) is 0.167. The molecule has 0 saturated carbocycles. The average Bonchev–Trinajstić information content (AvgIpc) is 3.23. The van der Waals surface area contributed by atoms with Crippen LogP contribution in [0.3, 0.4) is 0 Å². The van der Waals surface area contributed by atoms with E-state index in [-0.39, 0.29) is 11.4 Å². The predicted molar refractivity (Wildman–Crippen MR) is 123 cm³/mol. The minimum Gasteiger partial charge on any atom is -0.341 e. The lowest BCUT2D eigenvalue weighted by Gasteiger charge is -2.20. The number of rotatable bonds is 6. The Hall–Kier alpha value is -3.67. The fourth-order valence-corrected chi connectivity index (χ4v) is 4.83. The van der Waals surface area contributed by atoms with Gasteiger partial charge in [-0.05, 0) is 66.6 Å². The van der Waals surface area contributed by atoms with Crippen molar-refractivity contribution < 1.29 is 13.2 Å². The highest BCUT2D eigenvalue weighted by molar-refractivity contribution is 7.89. The number of anilines is 3. The number of benzene rings is 3. The van der Waals surface area contributed by atoms with Crippen LogP contribution in [-0.4, -0.2) is 38.8 Å². The van der Waals surface area contributed by atoms with E-state index in [0.29, 0.717) is 11.3 Å². The van der Waals surface area contributed by atoms with E-state index in [1.165, 1.54) is 42.6 Å². The summed E-state index contributed by atoms with van der Waals surface area (Å²) in [6, 6.07) is 23.3. The lowest BCUT2D eigenvalue weighted by molar-refractivity contribution is -0.116. The molecule has 3 aromatic rings. The van der Waals surface area contributed by atoms with Gasteiger partial charge in [-0.3, -0.25) is 4.79 Å². The van der Waals surface area contributed by atoms with Crippen LogP contribution in [0.2, 0.25) is 0 Å². The van der Waals surface area contributed by atoms with E-state index in [9.17, 15) is 13.2 Å². The van der Waals surface area contributed by atoms with Crippen LogP contribution in [-0.2, 0) is 21.2 Å². The number of nitrogens with zero attached hydrogens (tertiary/aromatic N) is 3. The van der Waals surface area contributed by atoms with Gasteiger partial charge in [-0.1, -0.05) is 18.2 Å². The van der Waals surface area contributed by atoms with E-state index in [4.69, 9.17) is 5.26 Å². The molecule has 0 unspecified atom stereocenters. The van der Waals surface area contributed by atoms with Crippen molar-refractivity contribution in [3.63, 3.8) is 0 Å². The van der Waals surface area contributed by atoms with Crippen molar-refractivity contribution in [2.24, 2.45) is 0 Å². The van der Waals surface area contributed by atoms with E-state index in [1.807, 2.05) is 42.5 Å². The van der Waals surface area contributed by atoms with Crippen LogP contribution < -0.4 is 10.2 Å². The Morgan fingerprint density at radius 1 is 1.06 bits per heavy atom. The van der Waals surface area contributed by atoms with Crippen LogP contribution in [0.25, 0.3) is 0 Å². The van der Waals surface area contributed by atoms with E-state index in [0.717, 1.165) is 23.0 Å². The second-order valence-corrected chi connectivity index (χ2v) is 9.57. The number of hydrogen-bond acceptors (Lipinski definition) is 5. The third kappa shape index (κ3) is 4.35. The molecule has 0 radical (unpaired) electrons. The highest BCUT2D eigenvalue weighted by Crippen LogP contribution is 2.34. The largest absolute Gasteiger partial charge is 0.341 e. The summed E-state index contributed by atoms with van der Waals surface area (Å²) in [6.07, 6.45) is 0.995. The van der Waals surface area contributed by atoms with Gasteiger partial charge in [0.25, 0.3) is 0 Å². The Bertz CT molecular complexity index is 1280. The fourth-order valence-electron chi connectivity index (χ4n) is 3.70. The van der Waals surface area contributed by atoms with Gasteiger partial charge in [0.05, 0.1) is 23.1 Å². The summed E-state index contributed by atoms with van der Waals surface area (Å²) >= 11 is 0. The van der Waals surface area contributed by atoms with Gasteiger partial charge in [0, 0.05) is 30.7 Å². The van der Waals surface area contributed by atoms with Gasteiger partial charge in [-0.15, -0.1) is 0 Å². The van der Waals surface area contributed by atoms with Crippen molar-refractivity contribution in [1.29, 1.82) is 5.26 Å². The first-order valence-corrected chi connectivity index (χ1v) is 11.5. The molecule has 0 fully saturated rings. The van der Waals surface area contributed by atoms with E-state index in [1.54, 1.807) is 0 Å². The molecule has 1 N–H and O–H groups in total. The van der Waals surface area contributed by atoms with Crippen LogP contribution in [0.15, 0.2) is 77.7 Å². The standard InChI is InChI=1S/C24H22N4O3S/c1-27(32(30,31)22-12-6-18(16-25)7-13-22)17-24(29)26-20-8-10-21(11-9-20)28-15-14-19-4-2-3-5-23(19)28/h2-13H,14-15,17H2,1H3,(H,26,29). The topological polar surface area (TPSA) is 93.5 Å². The molecular formula is C24H22N4O3S. The quantitative estimate of drug-likeness (QED) is 0.625. The number of fused-ring (bicyclic) bond motifs is 1. The second kappa shape index (κ2) is 8.83. The van der Waals surface area contributed by atoms with Crippen LogP contribution in [0.4, 0.5) is 17.1 Å². The van der Waals surface area contributed by atoms with Gasteiger partial charge in [0.2, 0.25) is 15.9 Å². The van der Waals surface area contributed by atoms with Crippen molar-refractivity contribution in [3.05, 3.63) is 83.9 Å². The molecule has 0 atom stereocenters. The van der Waals surface area contributed by atoms with Gasteiger partial charge in [-0.25, -0.2) is 8.42 Å². The van der Waals surface area contributed by atoms with E-state index >= 15 is 0 Å². The molecule has 7 nitrogen and oxygen atoms in total. The molecular weight excluding hydrogens is 424 g/mol. The smallest absolute Gasteiger partial charge is 0.243 e. The first-order valence-electron chi connectivity index (χ1n) is 10.1. The Morgan fingerprint density at radius 3 is 2.44 bits per heavy atom. The van der Waals surface area contributed by atoms with Crippen LogP contribution in [0, 0.1) is 11.3 Å². The van der Waals surface area contributed by atoms with Gasteiger partial charge in [0.1, 0.15) is 0 Å². The normalized spacial score (nSPS) is 13.0. The maximum absolute atomic E-state index is 12.7. The molecule has 3 aromatic carbocycles. The van der Waals surface area contributed by atoms with Gasteiger partial charge in [-0.2, -0.15) is 9.57 Å². The number of carbonyl (C=O) groups excluding carboxylic acids is 1. The summed E-state index contributed by atoms with van der Waals surface area (Å²) in [5, 5.41) is 11.6. The van der Waals surface area contributed by atoms with Crippen LogP contribution in [0.5, 0.6) is 0 Å². The number of carbonyl (C=O) groups is 1. The molecule has 8 heteroatoms. The lowest BCUT2D eigenvalue weighted by Crippen LogP contribution is -2.34. The summed E-state index contributed by atoms with van der Waals surface area (Å²) < 4.78 is 26.3. The summed E-state index contributed by atoms with van der Waals surface area (Å²) in [6.45, 7) is 0.576. The summed E-state index contributed by atoms with van der Waals surface area (Å²) in [5.74, 6) is -0.441. The molecule has 1 aliphatic heterocycles. The van der Waals surface area contributed by atoms with Crippen LogP contribution in [0.1, 0.15) is 11.1 Å². The highest BCUT2D eigenvalue weighted by atomic mass is 32.2. The molecule has 162 valence electrons. The minimum atomic E-state index is -3.84. The zero-order chi connectivity index (χ0) is 22.7. The maximum atomic E-state index is 12.7. The van der Waals surface area contributed by atoms with Gasteiger partial charge in [0.15, 0.2) is 0 Å². The van der Waals surface area contributed by atoms with Crippen molar-refractivity contribution in [2.75, 3.05) is 30.4 Å². The van der Waals surface area contributed by atoms with Crippen molar-refractivity contribution in [2.45, 2.75) is 11.3 Å². The Labute approximate surface area is 187 Å². The number of likely N-dealkylation sites (N-methyl/N-ethyl adjacent to an activating group) is 1. The molecule has 0 saturated heterocycles. The number of hydrogen-bond donors (Lipinski definition) is 1. The third-order valence-electron chi connectivity index (χ3n) is 5.41. The molecule has 1 aliphatic rings. The number of nitriles is 1. The number of nitrogens with one attached hydrogen (secondary N) is 1. The van der Waals surface area contributed by atoms with E-state index in [2.05, 4.69) is 22.3 Å². The minimum absolute atomic E-state index is 0.0297.